The summed E-state index contributed by atoms with van der Waals surface area (Å²) >= 11 is 11.4. The lowest BCUT2D eigenvalue weighted by molar-refractivity contribution is 0.0918. The predicted molar refractivity (Wildman–Crippen MR) is 72.2 cm³/mol. The molecule has 1 aromatic heterocycles. The topological polar surface area (TPSA) is 51.2 Å². The lowest BCUT2D eigenvalue weighted by Gasteiger charge is -2.06. The lowest BCUT2D eigenvalue weighted by atomic mass is 10.2. The third-order valence-electron chi connectivity index (χ3n) is 2.02. The second kappa shape index (κ2) is 8.08. The van der Waals surface area contributed by atoms with Crippen LogP contribution < -0.4 is 5.32 Å². The Morgan fingerprint density at radius 3 is 2.67 bits per heavy atom. The van der Waals surface area contributed by atoms with Gasteiger partial charge in [-0.25, -0.2) is 4.98 Å². The molecule has 1 heterocycles. The average molecular weight is 289 g/mol. The molecule has 1 N–H and O–H groups in total. The maximum atomic E-state index is 11.7. The van der Waals surface area contributed by atoms with Crippen molar-refractivity contribution in [3.8, 4) is 0 Å². The van der Waals surface area contributed by atoms with Crippen molar-refractivity contribution in [1.82, 2.24) is 10.3 Å². The van der Waals surface area contributed by atoms with E-state index in [2.05, 4.69) is 16.9 Å². The fourth-order valence-corrected chi connectivity index (χ4v) is 1.66. The van der Waals surface area contributed by atoms with Crippen molar-refractivity contribution in [2.24, 2.45) is 0 Å². The van der Waals surface area contributed by atoms with E-state index >= 15 is 0 Å². The van der Waals surface area contributed by atoms with E-state index in [-0.39, 0.29) is 16.2 Å². The third kappa shape index (κ3) is 5.49. The Labute approximate surface area is 116 Å². The average Bonchev–Trinajstić information content (AvgIpc) is 2.32. The number of hydrogen-bond donors (Lipinski definition) is 1. The summed E-state index contributed by atoms with van der Waals surface area (Å²) in [5.41, 5.74) is 0.381. The molecule has 0 aliphatic heterocycles. The van der Waals surface area contributed by atoms with Crippen LogP contribution in [-0.2, 0) is 4.74 Å². The van der Waals surface area contributed by atoms with Gasteiger partial charge in [0.1, 0.15) is 10.3 Å². The molecule has 0 atom stereocenters. The van der Waals surface area contributed by atoms with E-state index in [1.54, 1.807) is 6.08 Å². The van der Waals surface area contributed by atoms with Crippen LogP contribution in [0.5, 0.6) is 0 Å². The van der Waals surface area contributed by atoms with Crippen LogP contribution in [-0.4, -0.2) is 30.6 Å². The molecule has 1 rings (SSSR count). The molecule has 0 aliphatic rings. The van der Waals surface area contributed by atoms with E-state index in [9.17, 15) is 4.79 Å². The van der Waals surface area contributed by atoms with Crippen molar-refractivity contribution in [3.63, 3.8) is 0 Å². The van der Waals surface area contributed by atoms with Crippen LogP contribution in [0.1, 0.15) is 16.8 Å². The summed E-state index contributed by atoms with van der Waals surface area (Å²) in [5.74, 6) is -0.256. The number of pyridine rings is 1. The molecule has 6 heteroatoms. The summed E-state index contributed by atoms with van der Waals surface area (Å²) in [6.07, 6.45) is 2.57. The van der Waals surface area contributed by atoms with Crippen molar-refractivity contribution >= 4 is 29.1 Å². The third-order valence-corrected chi connectivity index (χ3v) is 2.41. The number of carbonyl (C=O) groups excluding carboxylic acids is 1. The van der Waals surface area contributed by atoms with E-state index in [0.29, 0.717) is 25.3 Å². The molecular weight excluding hydrogens is 275 g/mol. The molecule has 18 heavy (non-hydrogen) atoms. The normalized spacial score (nSPS) is 10.1. The highest BCUT2D eigenvalue weighted by Gasteiger charge is 2.07. The van der Waals surface area contributed by atoms with Crippen molar-refractivity contribution in [1.29, 1.82) is 0 Å². The molecule has 0 spiro atoms. The van der Waals surface area contributed by atoms with E-state index in [1.807, 2.05) is 0 Å². The number of hydrogen-bond acceptors (Lipinski definition) is 3. The van der Waals surface area contributed by atoms with Crippen molar-refractivity contribution in [2.75, 3.05) is 19.8 Å². The number of carbonyl (C=O) groups is 1. The van der Waals surface area contributed by atoms with Gasteiger partial charge >= 0.3 is 0 Å². The zero-order valence-electron chi connectivity index (χ0n) is 9.79. The van der Waals surface area contributed by atoms with Crippen LogP contribution in [0.3, 0.4) is 0 Å². The van der Waals surface area contributed by atoms with Crippen LogP contribution in [0.2, 0.25) is 10.3 Å². The van der Waals surface area contributed by atoms with Crippen molar-refractivity contribution in [3.05, 3.63) is 40.7 Å². The SMILES string of the molecule is C=CCCOCCNC(=O)c1cc(Cl)nc(Cl)c1. The maximum absolute atomic E-state index is 11.7. The van der Waals surface area contributed by atoms with Gasteiger partial charge in [0, 0.05) is 12.1 Å². The fraction of sp³-hybridized carbons (Fsp3) is 0.333. The van der Waals surface area contributed by atoms with Crippen LogP contribution in [0.15, 0.2) is 24.8 Å². The molecule has 0 saturated carbocycles. The molecule has 0 bridgehead atoms. The van der Waals surface area contributed by atoms with Gasteiger partial charge in [0.05, 0.1) is 13.2 Å². The van der Waals surface area contributed by atoms with E-state index in [1.165, 1.54) is 12.1 Å². The zero-order chi connectivity index (χ0) is 13.4. The van der Waals surface area contributed by atoms with Crippen LogP contribution >= 0.6 is 23.2 Å². The first-order chi connectivity index (χ1) is 8.63. The maximum Gasteiger partial charge on any atom is 0.251 e. The van der Waals surface area contributed by atoms with Gasteiger partial charge in [-0.3, -0.25) is 4.79 Å². The summed E-state index contributed by atoms with van der Waals surface area (Å²) in [5, 5.41) is 3.07. The summed E-state index contributed by atoms with van der Waals surface area (Å²) in [6.45, 7) is 5.06. The lowest BCUT2D eigenvalue weighted by Crippen LogP contribution is -2.27. The molecule has 98 valence electrons. The first kappa shape index (κ1) is 15.0. The first-order valence-corrected chi connectivity index (χ1v) is 6.19. The van der Waals surface area contributed by atoms with Gasteiger partial charge in [-0.1, -0.05) is 29.3 Å². The Hall–Kier alpha value is -1.10. The van der Waals surface area contributed by atoms with Crippen LogP contribution in [0.4, 0.5) is 0 Å². The largest absolute Gasteiger partial charge is 0.379 e. The Morgan fingerprint density at radius 1 is 1.39 bits per heavy atom. The Bertz CT molecular complexity index is 404. The van der Waals surface area contributed by atoms with E-state index < -0.39 is 0 Å². The summed E-state index contributed by atoms with van der Waals surface area (Å²) in [7, 11) is 0. The summed E-state index contributed by atoms with van der Waals surface area (Å²) in [4.78, 5) is 15.5. The highest BCUT2D eigenvalue weighted by molar-refractivity contribution is 6.33. The Kier molecular flexibility index (Phi) is 6.72. The quantitative estimate of drug-likeness (QED) is 0.477. The molecule has 0 aromatic carbocycles. The first-order valence-electron chi connectivity index (χ1n) is 5.43. The number of nitrogens with zero attached hydrogens (tertiary/aromatic N) is 1. The van der Waals surface area contributed by atoms with Gasteiger partial charge in [0.2, 0.25) is 0 Å². The Morgan fingerprint density at radius 2 is 2.06 bits per heavy atom. The highest BCUT2D eigenvalue weighted by Crippen LogP contribution is 2.14. The molecule has 0 unspecified atom stereocenters. The van der Waals surface area contributed by atoms with Gasteiger partial charge in [-0.2, -0.15) is 0 Å². The van der Waals surface area contributed by atoms with Gasteiger partial charge in [-0.15, -0.1) is 6.58 Å². The minimum atomic E-state index is -0.256. The molecule has 1 aromatic rings. The summed E-state index contributed by atoms with van der Waals surface area (Å²) in [6, 6.07) is 2.92. The van der Waals surface area contributed by atoms with E-state index in [4.69, 9.17) is 27.9 Å². The second-order valence-electron chi connectivity index (χ2n) is 3.45. The molecule has 0 aliphatic carbocycles. The fourth-order valence-electron chi connectivity index (χ4n) is 1.20. The molecule has 0 fully saturated rings. The van der Waals surface area contributed by atoms with Gasteiger partial charge in [0.25, 0.3) is 5.91 Å². The van der Waals surface area contributed by atoms with Crippen molar-refractivity contribution in [2.45, 2.75) is 6.42 Å². The standard InChI is InChI=1S/C12H14Cl2N2O2/c1-2-3-5-18-6-4-15-12(17)9-7-10(13)16-11(14)8-9/h2,7-8H,1,3-6H2,(H,15,17). The second-order valence-corrected chi connectivity index (χ2v) is 4.22. The Balaban J connectivity index is 2.34. The predicted octanol–water partition coefficient (Wildman–Crippen LogP) is 2.71. The smallest absolute Gasteiger partial charge is 0.251 e. The van der Waals surface area contributed by atoms with Crippen LogP contribution in [0.25, 0.3) is 0 Å². The number of nitrogens with one attached hydrogen (secondary N) is 1. The molecule has 0 saturated heterocycles. The molecule has 0 radical (unpaired) electrons. The number of aromatic nitrogens is 1. The molecule has 1 amide bonds. The van der Waals surface area contributed by atoms with E-state index in [0.717, 1.165) is 6.42 Å². The number of rotatable bonds is 7. The number of amides is 1. The monoisotopic (exact) mass is 288 g/mol. The van der Waals surface area contributed by atoms with Crippen molar-refractivity contribution < 1.29 is 9.53 Å². The van der Waals surface area contributed by atoms with Crippen LogP contribution in [0, 0.1) is 0 Å². The minimum absolute atomic E-state index is 0.190. The minimum Gasteiger partial charge on any atom is -0.379 e. The highest BCUT2D eigenvalue weighted by atomic mass is 35.5. The molecule has 4 nitrogen and oxygen atoms in total. The van der Waals surface area contributed by atoms with Gasteiger partial charge < -0.3 is 10.1 Å². The molecular formula is C12H14Cl2N2O2. The van der Waals surface area contributed by atoms with Gasteiger partial charge in [-0.05, 0) is 18.6 Å². The van der Waals surface area contributed by atoms with Gasteiger partial charge in [0.15, 0.2) is 0 Å². The zero-order valence-corrected chi connectivity index (χ0v) is 11.3. The number of ether oxygens (including phenoxy) is 1. The number of halogens is 2. The summed E-state index contributed by atoms with van der Waals surface area (Å²) < 4.78 is 5.26.